The monoisotopic (exact) mass is 532 g/mol. The van der Waals surface area contributed by atoms with E-state index in [9.17, 15) is 18.3 Å². The van der Waals surface area contributed by atoms with Crippen molar-refractivity contribution in [1.29, 1.82) is 0 Å². The summed E-state index contributed by atoms with van der Waals surface area (Å²) in [7, 11) is 0. The van der Waals surface area contributed by atoms with Gasteiger partial charge in [0.05, 0.1) is 27.3 Å². The Morgan fingerprint density at radius 1 is 1.11 bits per heavy atom. The van der Waals surface area contributed by atoms with Gasteiger partial charge in [0.25, 0.3) is 0 Å². The van der Waals surface area contributed by atoms with Gasteiger partial charge in [-0.2, -0.15) is 13.2 Å². The number of aromatic nitrogens is 2. The minimum absolute atomic E-state index is 0.359. The summed E-state index contributed by atoms with van der Waals surface area (Å²) in [5.74, 6) is 1.24. The van der Waals surface area contributed by atoms with Crippen LogP contribution in [0.3, 0.4) is 0 Å². The number of nitrogens with zero attached hydrogens (tertiary/aromatic N) is 4. The van der Waals surface area contributed by atoms with Crippen LogP contribution in [0, 0.1) is 6.92 Å². The number of aliphatic hydroxyl groups excluding tert-OH is 1. The van der Waals surface area contributed by atoms with Crippen LogP contribution in [0.15, 0.2) is 53.1 Å². The molecule has 2 aromatic carbocycles. The Labute approximate surface area is 216 Å². The molecule has 0 spiro atoms. The molecule has 7 nitrogen and oxygen atoms in total. The van der Waals surface area contributed by atoms with Crippen molar-refractivity contribution in [3.8, 4) is 17.0 Å². The van der Waals surface area contributed by atoms with Crippen molar-refractivity contribution in [2.24, 2.45) is 0 Å². The van der Waals surface area contributed by atoms with Crippen molar-refractivity contribution in [3.05, 3.63) is 64.9 Å². The molecule has 2 atom stereocenters. The highest BCUT2D eigenvalue weighted by Gasteiger charge is 2.31. The molecule has 1 fully saturated rings. The van der Waals surface area contributed by atoms with Crippen molar-refractivity contribution in [2.75, 3.05) is 26.2 Å². The fourth-order valence-electron chi connectivity index (χ4n) is 4.49. The molecule has 11 heteroatoms. The Hall–Kier alpha value is -2.99. The largest absolute Gasteiger partial charge is 0.472 e. The van der Waals surface area contributed by atoms with Crippen LogP contribution in [0.25, 0.3) is 21.5 Å². The first-order valence-electron chi connectivity index (χ1n) is 12.0. The molecule has 0 bridgehead atoms. The highest BCUT2D eigenvalue weighted by molar-refractivity contribution is 7.18. The summed E-state index contributed by atoms with van der Waals surface area (Å²) in [5.41, 5.74) is 0.889. The summed E-state index contributed by atoms with van der Waals surface area (Å²) in [6, 6.07) is 12.5. The zero-order valence-corrected chi connectivity index (χ0v) is 21.2. The lowest BCUT2D eigenvalue weighted by Gasteiger charge is -2.39. The number of halogens is 3. The molecule has 1 saturated heterocycles. The first kappa shape index (κ1) is 25.7. The molecule has 1 N–H and O–H groups in total. The molecule has 0 saturated carbocycles. The van der Waals surface area contributed by atoms with Gasteiger partial charge in [0.2, 0.25) is 0 Å². The van der Waals surface area contributed by atoms with Gasteiger partial charge in [0.1, 0.15) is 17.5 Å². The zero-order chi connectivity index (χ0) is 26.2. The molecule has 196 valence electrons. The summed E-state index contributed by atoms with van der Waals surface area (Å²) in [5, 5.41) is 15.4. The normalized spacial score (nSPS) is 17.2. The molecule has 37 heavy (non-hydrogen) atoms. The summed E-state index contributed by atoms with van der Waals surface area (Å²) in [6.45, 7) is 6.91. The third-order valence-corrected chi connectivity index (χ3v) is 7.28. The van der Waals surface area contributed by atoms with Crippen molar-refractivity contribution in [1.82, 2.24) is 19.9 Å². The number of hydrogen-bond donors (Lipinski definition) is 1. The molecule has 0 radical (unpaired) electrons. The van der Waals surface area contributed by atoms with E-state index in [4.69, 9.17) is 9.26 Å². The highest BCUT2D eigenvalue weighted by atomic mass is 32.1. The Bertz CT molecular complexity index is 1360. The Kier molecular flexibility index (Phi) is 7.21. The number of alkyl halides is 3. The van der Waals surface area contributed by atoms with Gasteiger partial charge in [-0.05, 0) is 38.1 Å². The number of benzene rings is 2. The average Bonchev–Trinajstić information content (AvgIpc) is 3.48. The number of hydrogen-bond acceptors (Lipinski definition) is 8. The van der Waals surface area contributed by atoms with Gasteiger partial charge in [-0.15, -0.1) is 11.3 Å². The van der Waals surface area contributed by atoms with Crippen LogP contribution in [0.1, 0.15) is 23.3 Å². The molecule has 5 rings (SSSR count). The smallest absolute Gasteiger partial charge is 0.416 e. The quantitative estimate of drug-likeness (QED) is 0.352. The number of aliphatic hydroxyl groups is 1. The third-order valence-electron chi connectivity index (χ3n) is 6.33. The number of fused-ring (bicyclic) bond motifs is 1. The van der Waals surface area contributed by atoms with Gasteiger partial charge < -0.3 is 14.4 Å². The molecule has 1 unspecified atom stereocenters. The van der Waals surface area contributed by atoms with E-state index in [1.807, 2.05) is 25.1 Å². The van der Waals surface area contributed by atoms with Gasteiger partial charge >= 0.3 is 6.18 Å². The summed E-state index contributed by atoms with van der Waals surface area (Å²) in [4.78, 5) is 8.80. The Balaban J connectivity index is 1.19. The van der Waals surface area contributed by atoms with Gasteiger partial charge in [-0.25, -0.2) is 4.98 Å². The second kappa shape index (κ2) is 10.4. The maximum absolute atomic E-state index is 13.0. The zero-order valence-electron chi connectivity index (χ0n) is 20.4. The number of piperazine rings is 1. The van der Waals surface area contributed by atoms with Crippen LogP contribution in [0.5, 0.6) is 5.75 Å². The Morgan fingerprint density at radius 2 is 1.89 bits per heavy atom. The van der Waals surface area contributed by atoms with E-state index in [1.54, 1.807) is 30.4 Å². The van der Waals surface area contributed by atoms with Gasteiger partial charge in [0, 0.05) is 43.9 Å². The van der Waals surface area contributed by atoms with E-state index in [0.29, 0.717) is 55.5 Å². The van der Waals surface area contributed by atoms with Gasteiger partial charge in [-0.1, -0.05) is 17.3 Å². The molecular weight excluding hydrogens is 505 g/mol. The fraction of sp³-hybridized carbons (Fsp3) is 0.385. The van der Waals surface area contributed by atoms with Crippen LogP contribution in [-0.4, -0.2) is 63.6 Å². The molecule has 0 aliphatic carbocycles. The SMILES string of the molecule is Cc1nc2cc(OC([C@@H](C)O)N3CCN(Cc4cc(-c5cccc(C(F)(F)F)c5)no4)CC3)ccc2s1. The number of aryl methyl sites for hydroxylation is 1. The van der Waals surface area contributed by atoms with E-state index in [2.05, 4.69) is 19.9 Å². The first-order chi connectivity index (χ1) is 17.7. The number of ether oxygens (including phenoxy) is 1. The van der Waals surface area contributed by atoms with E-state index < -0.39 is 24.1 Å². The maximum Gasteiger partial charge on any atom is 0.416 e. The third kappa shape index (κ3) is 5.96. The standard InChI is InChI=1S/C26H27F3N4O3S/c1-16(34)25(35-20-6-7-24-23(13-20)30-17(2)37-24)33-10-8-32(9-11-33)15-21-14-22(31-36-21)18-4-3-5-19(12-18)26(27,28)29/h3-7,12-14,16,25,34H,8-11,15H2,1-2H3/t16-,25?/m1/s1. The summed E-state index contributed by atoms with van der Waals surface area (Å²) in [6.07, 6.45) is -5.62. The van der Waals surface area contributed by atoms with Crippen LogP contribution in [0.2, 0.25) is 0 Å². The van der Waals surface area contributed by atoms with E-state index in [1.165, 1.54) is 6.07 Å². The lowest BCUT2D eigenvalue weighted by molar-refractivity contribution is -0.137. The fourth-order valence-corrected chi connectivity index (χ4v) is 5.30. The average molecular weight is 533 g/mol. The minimum Gasteiger partial charge on any atom is -0.472 e. The lowest BCUT2D eigenvalue weighted by atomic mass is 10.1. The second-order valence-corrected chi connectivity index (χ2v) is 10.4. The molecule has 1 aliphatic heterocycles. The van der Waals surface area contributed by atoms with E-state index in [-0.39, 0.29) is 0 Å². The minimum atomic E-state index is -4.41. The maximum atomic E-state index is 13.0. The molecular formula is C26H27F3N4O3S. The predicted molar refractivity (Wildman–Crippen MR) is 134 cm³/mol. The predicted octanol–water partition coefficient (Wildman–Crippen LogP) is 5.18. The van der Waals surface area contributed by atoms with E-state index >= 15 is 0 Å². The summed E-state index contributed by atoms with van der Waals surface area (Å²) < 4.78 is 51.8. The van der Waals surface area contributed by atoms with Crippen LogP contribution < -0.4 is 4.74 Å². The molecule has 1 aliphatic rings. The lowest BCUT2D eigenvalue weighted by Crippen LogP contribution is -2.55. The number of rotatable bonds is 7. The van der Waals surface area contributed by atoms with Crippen LogP contribution in [0.4, 0.5) is 13.2 Å². The number of thiazole rings is 1. The first-order valence-corrected chi connectivity index (χ1v) is 12.8. The van der Waals surface area contributed by atoms with E-state index in [0.717, 1.165) is 27.4 Å². The van der Waals surface area contributed by atoms with Crippen molar-refractivity contribution in [3.63, 3.8) is 0 Å². The van der Waals surface area contributed by atoms with Crippen LogP contribution in [-0.2, 0) is 12.7 Å². The van der Waals surface area contributed by atoms with Crippen molar-refractivity contribution in [2.45, 2.75) is 38.9 Å². The molecule has 0 amide bonds. The van der Waals surface area contributed by atoms with Crippen LogP contribution >= 0.6 is 11.3 Å². The highest BCUT2D eigenvalue weighted by Crippen LogP contribution is 2.32. The molecule has 3 heterocycles. The Morgan fingerprint density at radius 3 is 2.62 bits per heavy atom. The van der Waals surface area contributed by atoms with Crippen molar-refractivity contribution >= 4 is 21.6 Å². The molecule has 2 aromatic heterocycles. The summed E-state index contributed by atoms with van der Waals surface area (Å²) >= 11 is 1.63. The second-order valence-electron chi connectivity index (χ2n) is 9.18. The molecule has 4 aromatic rings. The van der Waals surface area contributed by atoms with Gasteiger partial charge in [-0.3, -0.25) is 9.80 Å². The van der Waals surface area contributed by atoms with Crippen molar-refractivity contribution < 1.29 is 27.5 Å². The topological polar surface area (TPSA) is 74.9 Å². The van der Waals surface area contributed by atoms with Gasteiger partial charge in [0.15, 0.2) is 12.0 Å².